The number of ether oxygens (including phenoxy) is 2. The monoisotopic (exact) mass is 331 g/mol. The second kappa shape index (κ2) is 9.33. The standard InChI is InChI=1S/C19H29N3O2/c1-5-10-24-18-7-6-17(11-19(18)23-4)13-20-12-15(2)14-22-9-8-21-16(22)3/h6-9,11,15,20H,5,10,12-14H2,1-4H3. The first kappa shape index (κ1) is 18.3. The molecule has 0 saturated carbocycles. The summed E-state index contributed by atoms with van der Waals surface area (Å²) in [5.41, 5.74) is 1.20. The quantitative estimate of drug-likeness (QED) is 0.725. The van der Waals surface area contributed by atoms with Crippen LogP contribution in [-0.2, 0) is 13.1 Å². The van der Waals surface area contributed by atoms with Crippen molar-refractivity contribution in [3.05, 3.63) is 42.0 Å². The van der Waals surface area contributed by atoms with Crippen molar-refractivity contribution in [1.82, 2.24) is 14.9 Å². The fourth-order valence-corrected chi connectivity index (χ4v) is 2.61. The molecule has 0 aliphatic rings. The molecule has 0 fully saturated rings. The average molecular weight is 331 g/mol. The number of aromatic nitrogens is 2. The minimum Gasteiger partial charge on any atom is -0.493 e. The van der Waals surface area contributed by atoms with Gasteiger partial charge in [-0.25, -0.2) is 4.98 Å². The first-order valence-electron chi connectivity index (χ1n) is 8.62. The van der Waals surface area contributed by atoms with E-state index in [0.29, 0.717) is 12.5 Å². The first-order valence-corrected chi connectivity index (χ1v) is 8.62. The fourth-order valence-electron chi connectivity index (χ4n) is 2.61. The molecule has 5 heteroatoms. The summed E-state index contributed by atoms with van der Waals surface area (Å²) in [7, 11) is 1.68. The molecule has 1 N–H and O–H groups in total. The second-order valence-corrected chi connectivity index (χ2v) is 6.20. The predicted octanol–water partition coefficient (Wildman–Crippen LogP) is 3.41. The number of benzene rings is 1. The number of methoxy groups -OCH3 is 1. The Labute approximate surface area is 145 Å². The number of nitrogens with zero attached hydrogens (tertiary/aromatic N) is 2. The predicted molar refractivity (Wildman–Crippen MR) is 96.6 cm³/mol. The van der Waals surface area contributed by atoms with E-state index in [1.807, 2.05) is 31.5 Å². The molecule has 1 atom stereocenters. The zero-order valence-corrected chi connectivity index (χ0v) is 15.2. The van der Waals surface area contributed by atoms with Crippen LogP contribution in [0.2, 0.25) is 0 Å². The van der Waals surface area contributed by atoms with E-state index in [9.17, 15) is 0 Å². The Balaban J connectivity index is 1.82. The van der Waals surface area contributed by atoms with Crippen LogP contribution in [0.5, 0.6) is 11.5 Å². The molecule has 132 valence electrons. The smallest absolute Gasteiger partial charge is 0.161 e. The summed E-state index contributed by atoms with van der Waals surface area (Å²) in [4.78, 5) is 4.26. The third kappa shape index (κ3) is 5.27. The second-order valence-electron chi connectivity index (χ2n) is 6.20. The molecular weight excluding hydrogens is 302 g/mol. The van der Waals surface area contributed by atoms with Crippen molar-refractivity contribution >= 4 is 0 Å². The van der Waals surface area contributed by atoms with E-state index in [2.05, 4.69) is 34.8 Å². The topological polar surface area (TPSA) is 48.3 Å². The van der Waals surface area contributed by atoms with Crippen molar-refractivity contribution in [2.45, 2.75) is 40.3 Å². The maximum Gasteiger partial charge on any atom is 0.161 e. The van der Waals surface area contributed by atoms with Gasteiger partial charge in [-0.3, -0.25) is 0 Å². The normalized spacial score (nSPS) is 12.2. The highest BCUT2D eigenvalue weighted by Gasteiger charge is 2.07. The maximum absolute atomic E-state index is 5.69. The molecule has 0 aliphatic carbocycles. The van der Waals surface area contributed by atoms with E-state index >= 15 is 0 Å². The van der Waals surface area contributed by atoms with Crippen LogP contribution in [0.4, 0.5) is 0 Å². The van der Waals surface area contributed by atoms with Crippen molar-refractivity contribution in [1.29, 1.82) is 0 Å². The molecule has 0 spiro atoms. The third-order valence-electron chi connectivity index (χ3n) is 3.94. The van der Waals surface area contributed by atoms with E-state index in [1.165, 1.54) is 5.56 Å². The number of aryl methyl sites for hydroxylation is 1. The number of rotatable bonds is 10. The van der Waals surface area contributed by atoms with Crippen molar-refractivity contribution < 1.29 is 9.47 Å². The Hall–Kier alpha value is -2.01. The lowest BCUT2D eigenvalue weighted by molar-refractivity contribution is 0.294. The van der Waals surface area contributed by atoms with Crippen LogP contribution in [-0.4, -0.2) is 29.8 Å². The van der Waals surface area contributed by atoms with Gasteiger partial charge < -0.3 is 19.4 Å². The lowest BCUT2D eigenvalue weighted by Gasteiger charge is -2.15. The number of nitrogens with one attached hydrogen (secondary N) is 1. The molecule has 2 rings (SSSR count). The average Bonchev–Trinajstić information content (AvgIpc) is 2.98. The van der Waals surface area contributed by atoms with Crippen molar-refractivity contribution in [3.63, 3.8) is 0 Å². The van der Waals surface area contributed by atoms with Gasteiger partial charge in [0.1, 0.15) is 5.82 Å². The van der Waals surface area contributed by atoms with Crippen LogP contribution in [0, 0.1) is 12.8 Å². The highest BCUT2D eigenvalue weighted by Crippen LogP contribution is 2.28. The SMILES string of the molecule is CCCOc1ccc(CNCC(C)Cn2ccnc2C)cc1OC. The Morgan fingerprint density at radius 2 is 2.12 bits per heavy atom. The van der Waals surface area contributed by atoms with Gasteiger partial charge in [-0.05, 0) is 43.5 Å². The van der Waals surface area contributed by atoms with E-state index in [4.69, 9.17) is 9.47 Å². The van der Waals surface area contributed by atoms with Gasteiger partial charge in [-0.1, -0.05) is 19.9 Å². The number of imidazole rings is 1. The Bertz CT molecular complexity index is 625. The molecule has 24 heavy (non-hydrogen) atoms. The van der Waals surface area contributed by atoms with Gasteiger partial charge in [0.05, 0.1) is 13.7 Å². The van der Waals surface area contributed by atoms with Gasteiger partial charge in [0.2, 0.25) is 0 Å². The maximum atomic E-state index is 5.69. The largest absolute Gasteiger partial charge is 0.493 e. The van der Waals surface area contributed by atoms with Gasteiger partial charge >= 0.3 is 0 Å². The zero-order chi connectivity index (χ0) is 17.4. The molecule has 0 saturated heterocycles. The molecule has 1 aromatic heterocycles. The molecule has 1 aromatic carbocycles. The Morgan fingerprint density at radius 3 is 2.79 bits per heavy atom. The number of hydrogen-bond donors (Lipinski definition) is 1. The molecular formula is C19H29N3O2. The Morgan fingerprint density at radius 1 is 1.29 bits per heavy atom. The summed E-state index contributed by atoms with van der Waals surface area (Å²) in [6.45, 7) is 9.83. The van der Waals surface area contributed by atoms with E-state index < -0.39 is 0 Å². The molecule has 0 amide bonds. The molecule has 0 bridgehead atoms. The van der Waals surface area contributed by atoms with Gasteiger partial charge in [0.25, 0.3) is 0 Å². The molecule has 1 unspecified atom stereocenters. The molecule has 5 nitrogen and oxygen atoms in total. The van der Waals surface area contributed by atoms with Crippen molar-refractivity contribution in [3.8, 4) is 11.5 Å². The highest BCUT2D eigenvalue weighted by molar-refractivity contribution is 5.42. The summed E-state index contributed by atoms with van der Waals surface area (Å²) in [6, 6.07) is 6.12. The third-order valence-corrected chi connectivity index (χ3v) is 3.94. The number of hydrogen-bond acceptors (Lipinski definition) is 4. The molecule has 0 aliphatic heterocycles. The highest BCUT2D eigenvalue weighted by atomic mass is 16.5. The summed E-state index contributed by atoms with van der Waals surface area (Å²) < 4.78 is 13.3. The summed E-state index contributed by atoms with van der Waals surface area (Å²) in [5, 5.41) is 3.52. The minimum absolute atomic E-state index is 0.534. The minimum atomic E-state index is 0.534. The van der Waals surface area contributed by atoms with Crippen LogP contribution < -0.4 is 14.8 Å². The molecule has 0 radical (unpaired) electrons. The van der Waals surface area contributed by atoms with Crippen molar-refractivity contribution in [2.75, 3.05) is 20.3 Å². The molecule has 1 heterocycles. The van der Waals surface area contributed by atoms with E-state index in [1.54, 1.807) is 7.11 Å². The van der Waals surface area contributed by atoms with Gasteiger partial charge in [0.15, 0.2) is 11.5 Å². The van der Waals surface area contributed by atoms with Crippen molar-refractivity contribution in [2.24, 2.45) is 5.92 Å². The summed E-state index contributed by atoms with van der Waals surface area (Å²) >= 11 is 0. The van der Waals surface area contributed by atoms with E-state index in [0.717, 1.165) is 43.4 Å². The van der Waals surface area contributed by atoms with Gasteiger partial charge in [-0.2, -0.15) is 0 Å². The van der Waals surface area contributed by atoms with E-state index in [-0.39, 0.29) is 0 Å². The van der Waals surface area contributed by atoms with Crippen LogP contribution in [0.3, 0.4) is 0 Å². The Kier molecular flexibility index (Phi) is 7.12. The van der Waals surface area contributed by atoms with Crippen LogP contribution in [0.25, 0.3) is 0 Å². The zero-order valence-electron chi connectivity index (χ0n) is 15.2. The first-order chi connectivity index (χ1) is 11.6. The lowest BCUT2D eigenvalue weighted by Crippen LogP contribution is -2.24. The van der Waals surface area contributed by atoms with Crippen LogP contribution in [0.1, 0.15) is 31.7 Å². The molecule has 2 aromatic rings. The summed E-state index contributed by atoms with van der Waals surface area (Å²) in [5.74, 6) is 3.21. The van der Waals surface area contributed by atoms with Gasteiger partial charge in [-0.15, -0.1) is 0 Å². The van der Waals surface area contributed by atoms with Gasteiger partial charge in [0, 0.05) is 25.5 Å². The summed E-state index contributed by atoms with van der Waals surface area (Å²) in [6.07, 6.45) is 4.87. The fraction of sp³-hybridized carbons (Fsp3) is 0.526. The van der Waals surface area contributed by atoms with Crippen LogP contribution in [0.15, 0.2) is 30.6 Å². The lowest BCUT2D eigenvalue weighted by atomic mass is 10.1. The van der Waals surface area contributed by atoms with Crippen LogP contribution >= 0.6 is 0 Å².